The number of hydrogen-bond acceptors (Lipinski definition) is 5. The molecule has 4 aromatic rings. The van der Waals surface area contributed by atoms with Crippen molar-refractivity contribution >= 4 is 26.6 Å². The van der Waals surface area contributed by atoms with Crippen LogP contribution in [0, 0.1) is 0 Å². The monoisotopic (exact) mass is 367 g/mol. The molecule has 7 nitrogen and oxygen atoms in total. The van der Waals surface area contributed by atoms with Gasteiger partial charge < -0.3 is 0 Å². The molecule has 0 amide bonds. The average Bonchev–Trinajstić information content (AvgIpc) is 3.08. The van der Waals surface area contributed by atoms with E-state index in [1.165, 1.54) is 0 Å². The first kappa shape index (κ1) is 16.6. The van der Waals surface area contributed by atoms with Gasteiger partial charge in [-0.05, 0) is 30.7 Å². The normalized spacial score (nSPS) is 12.0. The molecule has 1 aromatic carbocycles. The molecule has 0 atom stereocenters. The minimum Gasteiger partial charge on any atom is -0.286 e. The Balaban J connectivity index is 1.45. The van der Waals surface area contributed by atoms with Crippen molar-refractivity contribution in [1.82, 2.24) is 24.3 Å². The molecule has 3 aromatic heterocycles. The van der Waals surface area contributed by atoms with Crippen LogP contribution in [0.25, 0.3) is 16.6 Å². The van der Waals surface area contributed by atoms with Gasteiger partial charge in [0.2, 0.25) is 10.0 Å². The van der Waals surface area contributed by atoms with Gasteiger partial charge in [0.15, 0.2) is 5.65 Å². The molecule has 26 heavy (non-hydrogen) atoms. The SMILES string of the molecule is O=S(=O)(NCCCc1nnc2ccccn12)c1cccc2cccnc12. The van der Waals surface area contributed by atoms with E-state index in [1.807, 2.05) is 40.9 Å². The predicted octanol–water partition coefficient (Wildman–Crippen LogP) is 2.19. The number of para-hydroxylation sites is 1. The van der Waals surface area contributed by atoms with Gasteiger partial charge in [-0.3, -0.25) is 9.38 Å². The maximum absolute atomic E-state index is 12.6. The van der Waals surface area contributed by atoms with Gasteiger partial charge in [-0.2, -0.15) is 0 Å². The molecular weight excluding hydrogens is 350 g/mol. The fraction of sp³-hybridized carbons (Fsp3) is 0.167. The van der Waals surface area contributed by atoms with E-state index in [-0.39, 0.29) is 4.90 Å². The summed E-state index contributed by atoms with van der Waals surface area (Å²) in [6.07, 6.45) is 4.74. The Hall–Kier alpha value is -2.84. The number of nitrogens with zero attached hydrogens (tertiary/aromatic N) is 4. The van der Waals surface area contributed by atoms with Gasteiger partial charge in [-0.15, -0.1) is 10.2 Å². The minimum atomic E-state index is -3.63. The van der Waals surface area contributed by atoms with E-state index in [1.54, 1.807) is 24.4 Å². The summed E-state index contributed by atoms with van der Waals surface area (Å²) >= 11 is 0. The fourth-order valence-corrected chi connectivity index (χ4v) is 4.14. The van der Waals surface area contributed by atoms with Gasteiger partial charge in [0.1, 0.15) is 10.7 Å². The van der Waals surface area contributed by atoms with Crippen molar-refractivity contribution in [1.29, 1.82) is 0 Å². The summed E-state index contributed by atoms with van der Waals surface area (Å²) in [7, 11) is -3.63. The second kappa shape index (κ2) is 6.81. The number of aryl methyl sites for hydroxylation is 1. The number of pyridine rings is 2. The highest BCUT2D eigenvalue weighted by Crippen LogP contribution is 2.20. The first-order valence-electron chi connectivity index (χ1n) is 8.27. The van der Waals surface area contributed by atoms with Gasteiger partial charge in [0.05, 0.1) is 5.52 Å². The zero-order chi connectivity index (χ0) is 18.0. The molecule has 0 fully saturated rings. The Morgan fingerprint density at radius 2 is 1.88 bits per heavy atom. The van der Waals surface area contributed by atoms with Crippen LogP contribution in [0.5, 0.6) is 0 Å². The predicted molar refractivity (Wildman–Crippen MR) is 98.2 cm³/mol. The summed E-state index contributed by atoms with van der Waals surface area (Å²) in [5.41, 5.74) is 1.26. The van der Waals surface area contributed by atoms with Crippen molar-refractivity contribution < 1.29 is 8.42 Å². The summed E-state index contributed by atoms with van der Waals surface area (Å²) < 4.78 is 29.8. The molecule has 132 valence electrons. The molecule has 0 aliphatic rings. The van der Waals surface area contributed by atoms with Crippen molar-refractivity contribution in [3.05, 3.63) is 66.7 Å². The summed E-state index contributed by atoms with van der Waals surface area (Å²) in [4.78, 5) is 4.41. The van der Waals surface area contributed by atoms with Gasteiger partial charge in [-0.1, -0.05) is 24.3 Å². The molecule has 4 rings (SSSR count). The average molecular weight is 367 g/mol. The molecule has 0 saturated heterocycles. The molecule has 0 aliphatic heterocycles. The van der Waals surface area contributed by atoms with Crippen LogP contribution in [-0.4, -0.2) is 34.5 Å². The van der Waals surface area contributed by atoms with Gasteiger partial charge in [-0.25, -0.2) is 13.1 Å². The number of benzene rings is 1. The molecule has 8 heteroatoms. The third-order valence-electron chi connectivity index (χ3n) is 4.14. The molecule has 0 saturated carbocycles. The van der Waals surface area contributed by atoms with E-state index < -0.39 is 10.0 Å². The maximum Gasteiger partial charge on any atom is 0.242 e. The number of rotatable bonds is 6. The van der Waals surface area contributed by atoms with Crippen LogP contribution < -0.4 is 4.72 Å². The third-order valence-corrected chi connectivity index (χ3v) is 5.63. The van der Waals surface area contributed by atoms with E-state index >= 15 is 0 Å². The number of aromatic nitrogens is 4. The summed E-state index contributed by atoms with van der Waals surface area (Å²) in [6, 6.07) is 14.5. The van der Waals surface area contributed by atoms with Crippen molar-refractivity contribution in [2.75, 3.05) is 6.54 Å². The number of nitrogens with one attached hydrogen (secondary N) is 1. The number of sulfonamides is 1. The zero-order valence-electron chi connectivity index (χ0n) is 13.9. The number of hydrogen-bond donors (Lipinski definition) is 1. The quantitative estimate of drug-likeness (QED) is 0.528. The molecule has 1 N–H and O–H groups in total. The van der Waals surface area contributed by atoms with Crippen LogP contribution in [0.3, 0.4) is 0 Å². The lowest BCUT2D eigenvalue weighted by Crippen LogP contribution is -2.25. The maximum atomic E-state index is 12.6. The van der Waals surface area contributed by atoms with Crippen molar-refractivity contribution in [3.63, 3.8) is 0 Å². The summed E-state index contributed by atoms with van der Waals surface area (Å²) in [6.45, 7) is 0.313. The fourth-order valence-electron chi connectivity index (χ4n) is 2.89. The third kappa shape index (κ3) is 3.16. The van der Waals surface area contributed by atoms with Gasteiger partial charge in [0, 0.05) is 30.7 Å². The number of fused-ring (bicyclic) bond motifs is 2. The van der Waals surface area contributed by atoms with E-state index in [0.29, 0.717) is 24.9 Å². The first-order chi connectivity index (χ1) is 12.6. The molecule has 0 spiro atoms. The summed E-state index contributed by atoms with van der Waals surface area (Å²) in [5, 5.41) is 9.04. The van der Waals surface area contributed by atoms with E-state index in [0.717, 1.165) is 16.9 Å². The summed E-state index contributed by atoms with van der Waals surface area (Å²) in [5.74, 6) is 0.812. The van der Waals surface area contributed by atoms with Crippen LogP contribution in [0.15, 0.2) is 65.8 Å². The van der Waals surface area contributed by atoms with Gasteiger partial charge in [0.25, 0.3) is 0 Å². The minimum absolute atomic E-state index is 0.198. The molecule has 3 heterocycles. The smallest absolute Gasteiger partial charge is 0.242 e. The van der Waals surface area contributed by atoms with Crippen molar-refractivity contribution in [3.8, 4) is 0 Å². The van der Waals surface area contributed by atoms with Crippen LogP contribution in [0.4, 0.5) is 0 Å². The Labute approximate surface area is 150 Å². The second-order valence-electron chi connectivity index (χ2n) is 5.88. The Kier molecular flexibility index (Phi) is 4.36. The van der Waals surface area contributed by atoms with Crippen molar-refractivity contribution in [2.24, 2.45) is 0 Å². The molecule has 0 bridgehead atoms. The molecular formula is C18H17N5O2S. The van der Waals surface area contributed by atoms with E-state index in [9.17, 15) is 8.42 Å². The van der Waals surface area contributed by atoms with Crippen LogP contribution in [0.1, 0.15) is 12.2 Å². The highest BCUT2D eigenvalue weighted by atomic mass is 32.2. The van der Waals surface area contributed by atoms with Crippen LogP contribution in [-0.2, 0) is 16.4 Å². The lowest BCUT2D eigenvalue weighted by atomic mass is 10.2. The lowest BCUT2D eigenvalue weighted by Gasteiger charge is -2.08. The van der Waals surface area contributed by atoms with E-state index in [2.05, 4.69) is 19.9 Å². The van der Waals surface area contributed by atoms with Gasteiger partial charge >= 0.3 is 0 Å². The largest absolute Gasteiger partial charge is 0.286 e. The highest BCUT2D eigenvalue weighted by molar-refractivity contribution is 7.89. The highest BCUT2D eigenvalue weighted by Gasteiger charge is 2.17. The van der Waals surface area contributed by atoms with Crippen LogP contribution in [0.2, 0.25) is 0 Å². The van der Waals surface area contributed by atoms with Crippen LogP contribution >= 0.6 is 0 Å². The first-order valence-corrected chi connectivity index (χ1v) is 9.75. The Morgan fingerprint density at radius 3 is 2.81 bits per heavy atom. The zero-order valence-corrected chi connectivity index (χ0v) is 14.7. The topological polar surface area (TPSA) is 89.2 Å². The molecule has 0 radical (unpaired) electrons. The Morgan fingerprint density at radius 1 is 1.00 bits per heavy atom. The molecule has 0 aliphatic carbocycles. The van der Waals surface area contributed by atoms with Crippen molar-refractivity contribution in [2.45, 2.75) is 17.7 Å². The standard InChI is InChI=1S/C18H17N5O2S/c24-26(25,15-8-3-6-14-7-4-11-19-18(14)15)20-12-5-10-17-22-21-16-9-1-2-13-23(16)17/h1-4,6-9,11,13,20H,5,10,12H2. The Bertz CT molecular complexity index is 1170. The van der Waals surface area contributed by atoms with E-state index in [4.69, 9.17) is 0 Å². The second-order valence-corrected chi connectivity index (χ2v) is 7.61. The molecule has 0 unspecified atom stereocenters. The lowest BCUT2D eigenvalue weighted by molar-refractivity contribution is 0.578.